The maximum Gasteiger partial charge on any atom is 0.350 e. The number of nitrogens with one attached hydrogen (secondary N) is 1. The third kappa shape index (κ3) is 3.48. The minimum Gasteiger partial charge on any atom is -0.497 e. The number of anilines is 1. The second kappa shape index (κ2) is 7.86. The molecule has 10 heteroatoms. The molecule has 1 amide bonds. The topological polar surface area (TPSA) is 94.9 Å². The molecule has 5 rings (SSSR count). The minimum atomic E-state index is -0.427. The molecule has 3 aromatic heterocycles. The van der Waals surface area contributed by atoms with Crippen LogP contribution in [0, 0.1) is 0 Å². The second-order valence-electron chi connectivity index (χ2n) is 7.05. The van der Waals surface area contributed by atoms with E-state index < -0.39 is 11.6 Å². The van der Waals surface area contributed by atoms with E-state index in [-0.39, 0.29) is 6.54 Å². The van der Waals surface area contributed by atoms with Gasteiger partial charge in [0.25, 0.3) is 0 Å². The van der Waals surface area contributed by atoms with Crippen molar-refractivity contribution in [3.63, 3.8) is 0 Å². The number of fused-ring (bicyclic) bond motifs is 3. The minimum absolute atomic E-state index is 0.253. The van der Waals surface area contributed by atoms with Gasteiger partial charge >= 0.3 is 5.69 Å². The highest BCUT2D eigenvalue weighted by Crippen LogP contribution is 2.24. The third-order valence-electron chi connectivity index (χ3n) is 5.02. The second-order valence-corrected chi connectivity index (χ2v) is 7.46. The van der Waals surface area contributed by atoms with Crippen molar-refractivity contribution in [3.05, 3.63) is 82.5 Å². The molecule has 0 atom stereocenters. The molecule has 0 fully saturated rings. The zero-order valence-electron chi connectivity index (χ0n) is 16.9. The number of hydrogen-bond donors (Lipinski definition) is 1. The van der Waals surface area contributed by atoms with Gasteiger partial charge in [-0.25, -0.2) is 18.4 Å². The normalized spacial score (nSPS) is 11.2. The number of amides is 1. The van der Waals surface area contributed by atoms with Crippen molar-refractivity contribution < 1.29 is 9.53 Å². The van der Waals surface area contributed by atoms with Crippen molar-refractivity contribution in [2.24, 2.45) is 0 Å². The van der Waals surface area contributed by atoms with Crippen LogP contribution in [0.1, 0.15) is 0 Å². The van der Waals surface area contributed by atoms with Crippen LogP contribution in [0.15, 0.2) is 71.8 Å². The Hall–Kier alpha value is -4.11. The van der Waals surface area contributed by atoms with Gasteiger partial charge in [0, 0.05) is 18.0 Å². The van der Waals surface area contributed by atoms with Crippen molar-refractivity contribution in [1.82, 2.24) is 23.8 Å². The number of rotatable bonds is 5. The van der Waals surface area contributed by atoms with Crippen LogP contribution >= 0.6 is 11.6 Å². The largest absolute Gasteiger partial charge is 0.497 e. The van der Waals surface area contributed by atoms with Crippen LogP contribution in [0.25, 0.3) is 22.4 Å². The SMILES string of the molecule is COc1ccc(-c2cc3c4nn(CC(=O)Nc5ccccc5Cl)c(=O)n4ccn3n2)cc1. The van der Waals surface area contributed by atoms with Gasteiger partial charge in [-0.1, -0.05) is 23.7 Å². The smallest absolute Gasteiger partial charge is 0.350 e. The predicted octanol–water partition coefficient (Wildman–Crippen LogP) is 3.11. The summed E-state index contributed by atoms with van der Waals surface area (Å²) in [5, 5.41) is 12.0. The molecule has 2 aromatic carbocycles. The lowest BCUT2D eigenvalue weighted by Crippen LogP contribution is -2.28. The molecule has 0 unspecified atom stereocenters. The van der Waals surface area contributed by atoms with E-state index in [9.17, 15) is 9.59 Å². The van der Waals surface area contributed by atoms with E-state index in [4.69, 9.17) is 16.3 Å². The van der Waals surface area contributed by atoms with Gasteiger partial charge in [0.1, 0.15) is 17.8 Å². The van der Waals surface area contributed by atoms with E-state index in [1.54, 1.807) is 48.3 Å². The van der Waals surface area contributed by atoms with Gasteiger partial charge < -0.3 is 10.1 Å². The summed E-state index contributed by atoms with van der Waals surface area (Å²) >= 11 is 6.08. The van der Waals surface area contributed by atoms with Gasteiger partial charge in [-0.05, 0) is 42.5 Å². The van der Waals surface area contributed by atoms with Crippen molar-refractivity contribution in [2.45, 2.75) is 6.54 Å². The van der Waals surface area contributed by atoms with E-state index >= 15 is 0 Å². The van der Waals surface area contributed by atoms with Gasteiger partial charge in [-0.15, -0.1) is 5.10 Å². The first-order valence-electron chi connectivity index (χ1n) is 9.70. The lowest BCUT2D eigenvalue weighted by Gasteiger charge is -2.06. The van der Waals surface area contributed by atoms with Crippen molar-refractivity contribution in [1.29, 1.82) is 0 Å². The molecular weight excluding hydrogens is 432 g/mol. The molecule has 1 N–H and O–H groups in total. The molecule has 5 aromatic rings. The molecule has 0 bridgehead atoms. The Kier molecular flexibility index (Phi) is 4.87. The van der Waals surface area contributed by atoms with E-state index in [1.165, 1.54) is 4.40 Å². The number of carbonyl (C=O) groups is 1. The maximum absolute atomic E-state index is 12.8. The van der Waals surface area contributed by atoms with Crippen LogP contribution in [0.3, 0.4) is 0 Å². The summed E-state index contributed by atoms with van der Waals surface area (Å²) in [6, 6.07) is 16.2. The molecule has 160 valence electrons. The molecule has 0 saturated carbocycles. The number of hydrogen-bond acceptors (Lipinski definition) is 5. The zero-order valence-corrected chi connectivity index (χ0v) is 17.7. The number of methoxy groups -OCH3 is 1. The monoisotopic (exact) mass is 448 g/mol. The molecule has 0 spiro atoms. The molecule has 3 heterocycles. The first kappa shape index (κ1) is 19.8. The highest BCUT2D eigenvalue weighted by Gasteiger charge is 2.16. The lowest BCUT2D eigenvalue weighted by atomic mass is 10.1. The number of para-hydroxylation sites is 1. The average Bonchev–Trinajstić information content (AvgIpc) is 3.37. The fourth-order valence-corrected chi connectivity index (χ4v) is 3.61. The number of halogens is 1. The van der Waals surface area contributed by atoms with E-state index in [0.717, 1.165) is 21.7 Å². The Morgan fingerprint density at radius 1 is 1.09 bits per heavy atom. The van der Waals surface area contributed by atoms with Crippen LogP contribution in [0.2, 0.25) is 5.02 Å². The van der Waals surface area contributed by atoms with Gasteiger partial charge in [-0.2, -0.15) is 5.10 Å². The zero-order chi connectivity index (χ0) is 22.2. The van der Waals surface area contributed by atoms with Crippen LogP contribution in [0.5, 0.6) is 5.75 Å². The highest BCUT2D eigenvalue weighted by atomic mass is 35.5. The quantitative estimate of drug-likeness (QED) is 0.446. The first-order valence-corrected chi connectivity index (χ1v) is 10.1. The van der Waals surface area contributed by atoms with Crippen molar-refractivity contribution >= 4 is 34.4 Å². The molecular formula is C22H17ClN6O3. The number of aromatic nitrogens is 5. The van der Waals surface area contributed by atoms with Crippen molar-refractivity contribution in [3.8, 4) is 17.0 Å². The van der Waals surface area contributed by atoms with E-state index in [2.05, 4.69) is 15.5 Å². The van der Waals surface area contributed by atoms with Crippen LogP contribution in [0.4, 0.5) is 5.69 Å². The summed E-state index contributed by atoms with van der Waals surface area (Å²) in [6.45, 7) is -0.253. The molecule has 0 aliphatic rings. The molecule has 0 aliphatic carbocycles. The summed E-state index contributed by atoms with van der Waals surface area (Å²) in [5.74, 6) is 0.340. The Labute approximate surface area is 186 Å². The lowest BCUT2D eigenvalue weighted by molar-refractivity contribution is -0.117. The van der Waals surface area contributed by atoms with Gasteiger partial charge in [0.05, 0.1) is 23.5 Å². The van der Waals surface area contributed by atoms with Gasteiger partial charge in [-0.3, -0.25) is 4.79 Å². The standard InChI is InChI=1S/C22H17ClN6O3/c1-32-15-8-6-14(7-9-15)18-12-19-21-26-29(22(31)27(21)10-11-28(19)25-18)13-20(30)24-17-5-3-2-4-16(17)23/h2-12H,13H2,1H3,(H,24,30). The molecule has 32 heavy (non-hydrogen) atoms. The fourth-order valence-electron chi connectivity index (χ4n) is 3.43. The number of ether oxygens (including phenoxy) is 1. The Morgan fingerprint density at radius 3 is 2.62 bits per heavy atom. The first-order chi connectivity index (χ1) is 15.5. The summed E-state index contributed by atoms with van der Waals surface area (Å²) in [5.41, 5.74) is 2.70. The van der Waals surface area contributed by atoms with E-state index in [1.807, 2.05) is 30.3 Å². The maximum atomic E-state index is 12.8. The molecule has 9 nitrogen and oxygen atoms in total. The number of carbonyl (C=O) groups excluding carboxylic acids is 1. The van der Waals surface area contributed by atoms with Gasteiger partial charge in [0.2, 0.25) is 5.91 Å². The fraction of sp³-hybridized carbons (Fsp3) is 0.0909. The summed E-state index contributed by atoms with van der Waals surface area (Å²) in [4.78, 5) is 25.2. The average molecular weight is 449 g/mol. The predicted molar refractivity (Wildman–Crippen MR) is 120 cm³/mol. The van der Waals surface area contributed by atoms with E-state index in [0.29, 0.717) is 21.9 Å². The summed E-state index contributed by atoms with van der Waals surface area (Å²) < 4.78 is 9.34. The third-order valence-corrected chi connectivity index (χ3v) is 5.35. The number of nitrogens with zero attached hydrogens (tertiary/aromatic N) is 5. The van der Waals surface area contributed by atoms with Crippen molar-refractivity contribution in [2.75, 3.05) is 12.4 Å². The molecule has 0 radical (unpaired) electrons. The van der Waals surface area contributed by atoms with Crippen LogP contribution in [-0.4, -0.2) is 36.8 Å². The Morgan fingerprint density at radius 2 is 1.88 bits per heavy atom. The summed E-state index contributed by atoms with van der Waals surface area (Å²) in [7, 11) is 1.61. The Balaban J connectivity index is 1.49. The highest BCUT2D eigenvalue weighted by molar-refractivity contribution is 6.33. The van der Waals surface area contributed by atoms with Gasteiger partial charge in [0.15, 0.2) is 5.65 Å². The number of benzene rings is 2. The van der Waals surface area contributed by atoms with Crippen LogP contribution < -0.4 is 15.7 Å². The molecule has 0 aliphatic heterocycles. The summed E-state index contributed by atoms with van der Waals surface area (Å²) in [6.07, 6.45) is 3.25. The molecule has 0 saturated heterocycles. The Bertz CT molecular complexity index is 1520. The van der Waals surface area contributed by atoms with Crippen LogP contribution in [-0.2, 0) is 11.3 Å².